The van der Waals surface area contributed by atoms with Crippen molar-refractivity contribution in [2.75, 3.05) is 18.0 Å². The molecule has 0 amide bonds. The molecule has 1 N–H and O–H groups in total. The summed E-state index contributed by atoms with van der Waals surface area (Å²) in [5.41, 5.74) is 1.22. The minimum absolute atomic E-state index is 0.778. The van der Waals surface area contributed by atoms with Gasteiger partial charge in [0.15, 0.2) is 5.13 Å². The van der Waals surface area contributed by atoms with Gasteiger partial charge in [-0.2, -0.15) is 0 Å². The Morgan fingerprint density at radius 2 is 2.15 bits per heavy atom. The summed E-state index contributed by atoms with van der Waals surface area (Å²) < 4.78 is 0. The van der Waals surface area contributed by atoms with Gasteiger partial charge in [0.25, 0.3) is 0 Å². The van der Waals surface area contributed by atoms with E-state index in [9.17, 15) is 0 Å². The Balaban J connectivity index is 1.62. The van der Waals surface area contributed by atoms with Crippen molar-refractivity contribution >= 4 is 16.5 Å². The molecular formula is C16H27N3S. The van der Waals surface area contributed by atoms with Crippen molar-refractivity contribution in [2.24, 2.45) is 5.92 Å². The van der Waals surface area contributed by atoms with E-state index in [1.165, 1.54) is 62.3 Å². The SMILES string of the molecule is CCCNCc1csc(N2CCCC2C2CCCC2)n1. The lowest BCUT2D eigenvalue weighted by Crippen LogP contribution is -2.34. The van der Waals surface area contributed by atoms with Crippen LogP contribution in [0.5, 0.6) is 0 Å². The van der Waals surface area contributed by atoms with Crippen LogP contribution in [0.1, 0.15) is 57.6 Å². The molecule has 1 saturated heterocycles. The first kappa shape index (κ1) is 14.3. The van der Waals surface area contributed by atoms with Crippen molar-refractivity contribution in [3.8, 4) is 0 Å². The van der Waals surface area contributed by atoms with E-state index in [4.69, 9.17) is 4.98 Å². The Kier molecular flexibility index (Phi) is 4.94. The van der Waals surface area contributed by atoms with Crippen molar-refractivity contribution in [3.63, 3.8) is 0 Å². The molecule has 2 aliphatic rings. The highest BCUT2D eigenvalue weighted by molar-refractivity contribution is 7.13. The number of rotatable bonds is 6. The van der Waals surface area contributed by atoms with Crippen LogP contribution in [-0.2, 0) is 6.54 Å². The first-order chi connectivity index (χ1) is 9.88. The van der Waals surface area contributed by atoms with Crippen LogP contribution in [0.3, 0.4) is 0 Å². The fraction of sp³-hybridized carbons (Fsp3) is 0.812. The van der Waals surface area contributed by atoms with Crippen LogP contribution in [0.15, 0.2) is 5.38 Å². The molecule has 4 heteroatoms. The molecular weight excluding hydrogens is 266 g/mol. The van der Waals surface area contributed by atoms with E-state index in [1.807, 2.05) is 11.3 Å². The molecule has 3 nitrogen and oxygen atoms in total. The third-order valence-corrected chi connectivity index (χ3v) is 5.69. The molecule has 0 aromatic carbocycles. The lowest BCUT2D eigenvalue weighted by molar-refractivity contribution is 0.430. The molecule has 1 atom stereocenters. The third kappa shape index (κ3) is 3.17. The Morgan fingerprint density at radius 1 is 1.30 bits per heavy atom. The predicted molar refractivity (Wildman–Crippen MR) is 86.4 cm³/mol. The lowest BCUT2D eigenvalue weighted by atomic mass is 9.96. The van der Waals surface area contributed by atoms with Crippen LogP contribution in [0.2, 0.25) is 0 Å². The maximum absolute atomic E-state index is 4.87. The second-order valence-corrected chi connectivity index (χ2v) is 7.08. The molecule has 1 aliphatic carbocycles. The van der Waals surface area contributed by atoms with Gasteiger partial charge in [0.2, 0.25) is 0 Å². The highest BCUT2D eigenvalue weighted by Gasteiger charge is 2.34. The average molecular weight is 293 g/mol. The van der Waals surface area contributed by atoms with Gasteiger partial charge in [-0.05, 0) is 44.6 Å². The van der Waals surface area contributed by atoms with Gasteiger partial charge in [-0.3, -0.25) is 0 Å². The smallest absolute Gasteiger partial charge is 0.185 e. The average Bonchev–Trinajstić information content (AvgIpc) is 3.19. The number of nitrogens with zero attached hydrogens (tertiary/aromatic N) is 2. The maximum atomic E-state index is 4.87. The normalized spacial score (nSPS) is 23.9. The molecule has 0 radical (unpaired) electrons. The van der Waals surface area contributed by atoms with E-state index in [2.05, 4.69) is 22.5 Å². The summed E-state index contributed by atoms with van der Waals surface area (Å²) in [5.74, 6) is 0.933. The summed E-state index contributed by atoms with van der Waals surface area (Å²) in [6, 6.07) is 0.778. The minimum atomic E-state index is 0.778. The van der Waals surface area contributed by atoms with Crippen LogP contribution >= 0.6 is 11.3 Å². The zero-order chi connectivity index (χ0) is 13.8. The summed E-state index contributed by atoms with van der Waals surface area (Å²) in [4.78, 5) is 7.48. The fourth-order valence-electron chi connectivity index (χ4n) is 3.76. The van der Waals surface area contributed by atoms with Crippen LogP contribution in [-0.4, -0.2) is 24.1 Å². The van der Waals surface area contributed by atoms with Crippen molar-refractivity contribution in [1.29, 1.82) is 0 Å². The molecule has 1 aromatic rings. The molecule has 1 unspecified atom stereocenters. The molecule has 112 valence electrons. The molecule has 2 fully saturated rings. The van der Waals surface area contributed by atoms with Crippen LogP contribution in [0.25, 0.3) is 0 Å². The number of anilines is 1. The van der Waals surface area contributed by atoms with E-state index in [-0.39, 0.29) is 0 Å². The fourth-order valence-corrected chi connectivity index (χ4v) is 4.67. The van der Waals surface area contributed by atoms with Gasteiger partial charge in [0.1, 0.15) is 0 Å². The molecule has 1 aromatic heterocycles. The summed E-state index contributed by atoms with van der Waals surface area (Å²) in [6.07, 6.45) is 9.69. The summed E-state index contributed by atoms with van der Waals surface area (Å²) in [5, 5.41) is 6.96. The van der Waals surface area contributed by atoms with Gasteiger partial charge in [-0.1, -0.05) is 19.8 Å². The van der Waals surface area contributed by atoms with Crippen LogP contribution in [0, 0.1) is 5.92 Å². The monoisotopic (exact) mass is 293 g/mol. The van der Waals surface area contributed by atoms with Gasteiger partial charge in [-0.25, -0.2) is 4.98 Å². The summed E-state index contributed by atoms with van der Waals surface area (Å²) in [7, 11) is 0. The molecule has 0 spiro atoms. The predicted octanol–water partition coefficient (Wildman–Crippen LogP) is 3.80. The second kappa shape index (κ2) is 6.90. The lowest BCUT2D eigenvalue weighted by Gasteiger charge is -2.29. The van der Waals surface area contributed by atoms with Crippen molar-refractivity contribution in [2.45, 2.75) is 64.5 Å². The zero-order valence-electron chi connectivity index (χ0n) is 12.6. The first-order valence-corrected chi connectivity index (χ1v) is 9.18. The van der Waals surface area contributed by atoms with E-state index < -0.39 is 0 Å². The Labute approximate surface area is 126 Å². The topological polar surface area (TPSA) is 28.2 Å². The van der Waals surface area contributed by atoms with Gasteiger partial charge in [0.05, 0.1) is 5.69 Å². The Hall–Kier alpha value is -0.610. The standard InChI is InChI=1S/C16H27N3S/c1-2-9-17-11-14-12-20-16(18-14)19-10-5-8-15(19)13-6-3-4-7-13/h12-13,15,17H,2-11H2,1H3. The first-order valence-electron chi connectivity index (χ1n) is 8.30. The minimum Gasteiger partial charge on any atom is -0.345 e. The summed E-state index contributed by atoms with van der Waals surface area (Å²) in [6.45, 7) is 5.43. The Bertz CT molecular complexity index is 412. The number of aromatic nitrogens is 1. The number of hydrogen-bond acceptors (Lipinski definition) is 4. The largest absolute Gasteiger partial charge is 0.345 e. The molecule has 3 rings (SSSR count). The maximum Gasteiger partial charge on any atom is 0.185 e. The molecule has 2 heterocycles. The van der Waals surface area contributed by atoms with Crippen LogP contribution in [0.4, 0.5) is 5.13 Å². The highest BCUT2D eigenvalue weighted by Crippen LogP contribution is 2.38. The quantitative estimate of drug-likeness (QED) is 0.809. The number of thiazole rings is 1. The molecule has 0 bridgehead atoms. The summed E-state index contributed by atoms with van der Waals surface area (Å²) >= 11 is 1.84. The van der Waals surface area contributed by atoms with Gasteiger partial charge in [-0.15, -0.1) is 11.3 Å². The van der Waals surface area contributed by atoms with Crippen molar-refractivity contribution in [3.05, 3.63) is 11.1 Å². The van der Waals surface area contributed by atoms with Crippen LogP contribution < -0.4 is 10.2 Å². The third-order valence-electron chi connectivity index (χ3n) is 4.76. The van der Waals surface area contributed by atoms with Gasteiger partial charge < -0.3 is 10.2 Å². The zero-order valence-corrected chi connectivity index (χ0v) is 13.4. The second-order valence-electron chi connectivity index (χ2n) is 6.25. The van der Waals surface area contributed by atoms with Gasteiger partial charge in [0, 0.05) is 24.5 Å². The number of nitrogens with one attached hydrogen (secondary N) is 1. The van der Waals surface area contributed by atoms with E-state index in [0.717, 1.165) is 25.0 Å². The van der Waals surface area contributed by atoms with Gasteiger partial charge >= 0.3 is 0 Å². The van der Waals surface area contributed by atoms with Crippen molar-refractivity contribution in [1.82, 2.24) is 10.3 Å². The molecule has 20 heavy (non-hydrogen) atoms. The molecule has 1 aliphatic heterocycles. The van der Waals surface area contributed by atoms with E-state index in [1.54, 1.807) is 0 Å². The van der Waals surface area contributed by atoms with E-state index >= 15 is 0 Å². The molecule has 1 saturated carbocycles. The Morgan fingerprint density at radius 3 is 2.95 bits per heavy atom. The van der Waals surface area contributed by atoms with Crippen molar-refractivity contribution < 1.29 is 0 Å². The highest BCUT2D eigenvalue weighted by atomic mass is 32.1. The van der Waals surface area contributed by atoms with E-state index in [0.29, 0.717) is 0 Å². The number of hydrogen-bond donors (Lipinski definition) is 1.